The maximum absolute atomic E-state index is 10.6. The fourth-order valence-electron chi connectivity index (χ4n) is 1.04. The Morgan fingerprint density at radius 2 is 2.00 bits per heavy atom. The highest BCUT2D eigenvalue weighted by molar-refractivity contribution is 5.65. The molecule has 0 aliphatic rings. The predicted octanol–water partition coefficient (Wildman–Crippen LogP) is 2.14. The van der Waals surface area contributed by atoms with Crippen LogP contribution in [0.25, 0.3) is 0 Å². The van der Waals surface area contributed by atoms with Crippen LogP contribution in [-0.2, 0) is 14.3 Å². The molecule has 0 saturated carbocycles. The smallest absolute Gasteiger partial charge is 0.302 e. The molecule has 0 amide bonds. The van der Waals surface area contributed by atoms with Gasteiger partial charge >= 0.3 is 5.97 Å². The zero-order chi connectivity index (χ0) is 10.5. The summed E-state index contributed by atoms with van der Waals surface area (Å²) in [4.78, 5) is 10.6. The Morgan fingerprint density at radius 1 is 1.46 bits per heavy atom. The average molecular weight is 188 g/mol. The van der Waals surface area contributed by atoms with Crippen LogP contribution in [0.2, 0.25) is 0 Å². The monoisotopic (exact) mass is 188 g/mol. The Morgan fingerprint density at radius 3 is 2.31 bits per heavy atom. The SMILES string of the molecule is CCC(C)(COC(C)=O)OC(C)C. The summed E-state index contributed by atoms with van der Waals surface area (Å²) in [6, 6.07) is 0. The molecule has 0 aromatic carbocycles. The summed E-state index contributed by atoms with van der Waals surface area (Å²) in [5.41, 5.74) is -0.347. The van der Waals surface area contributed by atoms with Gasteiger partial charge in [-0.1, -0.05) is 6.92 Å². The van der Waals surface area contributed by atoms with Crippen LogP contribution in [0.15, 0.2) is 0 Å². The van der Waals surface area contributed by atoms with Crippen LogP contribution >= 0.6 is 0 Å². The summed E-state index contributed by atoms with van der Waals surface area (Å²) in [6.45, 7) is 9.66. The molecule has 0 aliphatic carbocycles. The molecule has 0 spiro atoms. The van der Waals surface area contributed by atoms with Gasteiger partial charge < -0.3 is 9.47 Å². The lowest BCUT2D eigenvalue weighted by atomic mass is 10.0. The molecule has 78 valence electrons. The van der Waals surface area contributed by atoms with Crippen LogP contribution in [0.3, 0.4) is 0 Å². The molecule has 3 nitrogen and oxygen atoms in total. The molecule has 0 rings (SSSR count). The second-order valence-electron chi connectivity index (χ2n) is 3.75. The molecule has 0 aromatic heterocycles. The lowest BCUT2D eigenvalue weighted by molar-refractivity contribution is -0.156. The molecule has 0 saturated heterocycles. The number of rotatable bonds is 5. The van der Waals surface area contributed by atoms with E-state index in [4.69, 9.17) is 9.47 Å². The van der Waals surface area contributed by atoms with E-state index in [9.17, 15) is 4.79 Å². The zero-order valence-electron chi connectivity index (χ0n) is 9.22. The van der Waals surface area contributed by atoms with Gasteiger partial charge in [-0.25, -0.2) is 0 Å². The van der Waals surface area contributed by atoms with Crippen LogP contribution in [0.1, 0.15) is 41.0 Å². The second kappa shape index (κ2) is 5.22. The van der Waals surface area contributed by atoms with Gasteiger partial charge in [0.05, 0.1) is 11.7 Å². The summed E-state index contributed by atoms with van der Waals surface area (Å²) in [7, 11) is 0. The van der Waals surface area contributed by atoms with Crippen LogP contribution in [0, 0.1) is 0 Å². The Bertz CT molecular complexity index is 166. The van der Waals surface area contributed by atoms with Crippen molar-refractivity contribution in [3.05, 3.63) is 0 Å². The van der Waals surface area contributed by atoms with Crippen molar-refractivity contribution >= 4 is 5.97 Å². The first-order valence-corrected chi connectivity index (χ1v) is 4.71. The Kier molecular flexibility index (Phi) is 4.99. The van der Waals surface area contributed by atoms with Crippen molar-refractivity contribution in [1.82, 2.24) is 0 Å². The van der Waals surface area contributed by atoms with Crippen molar-refractivity contribution in [2.75, 3.05) is 6.61 Å². The van der Waals surface area contributed by atoms with Gasteiger partial charge in [0.2, 0.25) is 0 Å². The highest BCUT2D eigenvalue weighted by atomic mass is 16.6. The van der Waals surface area contributed by atoms with Gasteiger partial charge in [0.25, 0.3) is 0 Å². The number of esters is 1. The van der Waals surface area contributed by atoms with E-state index < -0.39 is 0 Å². The normalized spacial score (nSPS) is 15.5. The lowest BCUT2D eigenvalue weighted by Gasteiger charge is -2.30. The second-order valence-corrected chi connectivity index (χ2v) is 3.75. The van der Waals surface area contributed by atoms with Crippen molar-refractivity contribution in [1.29, 1.82) is 0 Å². The van der Waals surface area contributed by atoms with E-state index >= 15 is 0 Å². The van der Waals surface area contributed by atoms with Crippen LogP contribution in [0.5, 0.6) is 0 Å². The van der Waals surface area contributed by atoms with Crippen molar-refractivity contribution in [3.63, 3.8) is 0 Å². The number of carbonyl (C=O) groups excluding carboxylic acids is 1. The third-order valence-electron chi connectivity index (χ3n) is 1.85. The number of hydrogen-bond acceptors (Lipinski definition) is 3. The maximum atomic E-state index is 10.6. The molecule has 13 heavy (non-hydrogen) atoms. The van der Waals surface area contributed by atoms with Crippen LogP contribution in [0.4, 0.5) is 0 Å². The highest BCUT2D eigenvalue weighted by Crippen LogP contribution is 2.17. The Labute approximate surface area is 80.4 Å². The molecule has 0 aromatic rings. The summed E-state index contributed by atoms with van der Waals surface area (Å²) in [6.07, 6.45) is 0.985. The van der Waals surface area contributed by atoms with E-state index in [0.29, 0.717) is 6.61 Å². The molecule has 1 atom stereocenters. The summed E-state index contributed by atoms with van der Waals surface area (Å²) in [5, 5.41) is 0. The average Bonchev–Trinajstić information content (AvgIpc) is 2.00. The molecule has 1 unspecified atom stereocenters. The van der Waals surface area contributed by atoms with Crippen LogP contribution in [-0.4, -0.2) is 24.3 Å². The van der Waals surface area contributed by atoms with E-state index in [1.54, 1.807) is 0 Å². The first-order chi connectivity index (χ1) is 5.89. The highest BCUT2D eigenvalue weighted by Gasteiger charge is 2.25. The van der Waals surface area contributed by atoms with Crippen molar-refractivity contribution in [3.8, 4) is 0 Å². The van der Waals surface area contributed by atoms with Crippen molar-refractivity contribution < 1.29 is 14.3 Å². The molecule has 0 aliphatic heterocycles. The van der Waals surface area contributed by atoms with Crippen molar-refractivity contribution in [2.45, 2.75) is 52.7 Å². The van der Waals surface area contributed by atoms with Gasteiger partial charge in [0.15, 0.2) is 0 Å². The molecular weight excluding hydrogens is 168 g/mol. The molecule has 0 N–H and O–H groups in total. The topological polar surface area (TPSA) is 35.5 Å². The third kappa shape index (κ3) is 5.64. The van der Waals surface area contributed by atoms with E-state index in [0.717, 1.165) is 6.42 Å². The fraction of sp³-hybridized carbons (Fsp3) is 0.900. The largest absolute Gasteiger partial charge is 0.463 e. The van der Waals surface area contributed by atoms with Crippen molar-refractivity contribution in [2.24, 2.45) is 0 Å². The number of ether oxygens (including phenoxy) is 2. The van der Waals surface area contributed by atoms with Gasteiger partial charge in [-0.05, 0) is 27.2 Å². The standard InChI is InChI=1S/C10H20O3/c1-6-10(5,13-8(2)3)7-12-9(4)11/h8H,6-7H2,1-5H3. The van der Waals surface area contributed by atoms with Gasteiger partial charge in [0.1, 0.15) is 6.61 Å². The minimum atomic E-state index is -0.347. The van der Waals surface area contributed by atoms with Gasteiger partial charge in [-0.2, -0.15) is 0 Å². The van der Waals surface area contributed by atoms with E-state index in [1.807, 2.05) is 27.7 Å². The molecular formula is C10H20O3. The van der Waals surface area contributed by atoms with Gasteiger partial charge in [-0.15, -0.1) is 0 Å². The molecule has 0 bridgehead atoms. The lowest BCUT2D eigenvalue weighted by Crippen LogP contribution is -2.36. The number of hydrogen-bond donors (Lipinski definition) is 0. The minimum Gasteiger partial charge on any atom is -0.463 e. The first kappa shape index (κ1) is 12.4. The third-order valence-corrected chi connectivity index (χ3v) is 1.85. The zero-order valence-corrected chi connectivity index (χ0v) is 9.22. The first-order valence-electron chi connectivity index (χ1n) is 4.71. The number of carbonyl (C=O) groups is 1. The Hall–Kier alpha value is -0.570. The summed E-state index contributed by atoms with van der Waals surface area (Å²) >= 11 is 0. The summed E-state index contributed by atoms with van der Waals surface area (Å²) in [5.74, 6) is -0.257. The fourth-order valence-corrected chi connectivity index (χ4v) is 1.04. The molecule has 3 heteroatoms. The maximum Gasteiger partial charge on any atom is 0.302 e. The molecule has 0 radical (unpaired) electrons. The quantitative estimate of drug-likeness (QED) is 0.620. The van der Waals surface area contributed by atoms with Gasteiger partial charge in [-0.3, -0.25) is 4.79 Å². The van der Waals surface area contributed by atoms with E-state index in [2.05, 4.69) is 0 Å². The molecule has 0 heterocycles. The van der Waals surface area contributed by atoms with E-state index in [1.165, 1.54) is 6.92 Å². The molecule has 0 fully saturated rings. The predicted molar refractivity (Wildman–Crippen MR) is 51.6 cm³/mol. The van der Waals surface area contributed by atoms with Crippen LogP contribution < -0.4 is 0 Å². The summed E-state index contributed by atoms with van der Waals surface area (Å²) < 4.78 is 10.6. The minimum absolute atomic E-state index is 0.153. The van der Waals surface area contributed by atoms with Gasteiger partial charge in [0, 0.05) is 6.92 Å². The Balaban J connectivity index is 4.03. The van der Waals surface area contributed by atoms with E-state index in [-0.39, 0.29) is 17.7 Å².